The van der Waals surface area contributed by atoms with Crippen LogP contribution in [0.5, 0.6) is 0 Å². The number of hydrogen-bond acceptors (Lipinski definition) is 3. The van der Waals surface area contributed by atoms with E-state index in [2.05, 4.69) is 35.9 Å². The molecule has 1 unspecified atom stereocenters. The zero-order valence-corrected chi connectivity index (χ0v) is 11.6. The van der Waals surface area contributed by atoms with E-state index in [9.17, 15) is 0 Å². The lowest BCUT2D eigenvalue weighted by molar-refractivity contribution is 0.0124. The van der Waals surface area contributed by atoms with Gasteiger partial charge in [-0.25, -0.2) is 0 Å². The van der Waals surface area contributed by atoms with Gasteiger partial charge in [-0.15, -0.1) is 0 Å². The van der Waals surface area contributed by atoms with Crippen molar-refractivity contribution < 1.29 is 0 Å². The Morgan fingerprint density at radius 3 is 2.78 bits per heavy atom. The van der Waals surface area contributed by atoms with Crippen molar-refractivity contribution in [3.63, 3.8) is 0 Å². The molecule has 0 radical (unpaired) electrons. The van der Waals surface area contributed by atoms with Crippen molar-refractivity contribution in [2.24, 2.45) is 11.7 Å². The summed E-state index contributed by atoms with van der Waals surface area (Å²) >= 11 is 0. The minimum Gasteiger partial charge on any atom is -0.330 e. The van der Waals surface area contributed by atoms with Gasteiger partial charge in [0.15, 0.2) is 0 Å². The minimum atomic E-state index is 0.251. The van der Waals surface area contributed by atoms with Gasteiger partial charge in [0.2, 0.25) is 0 Å². The highest BCUT2D eigenvalue weighted by atomic mass is 15.2. The Morgan fingerprint density at radius 1 is 1.39 bits per heavy atom. The fraction of sp³-hybridized carbons (Fsp3) is 0.667. The van der Waals surface area contributed by atoms with Gasteiger partial charge in [0, 0.05) is 24.5 Å². The smallest absolute Gasteiger partial charge is 0.0271 e. The lowest BCUT2D eigenvalue weighted by atomic mass is 9.77. The molecule has 0 aromatic carbocycles. The topological polar surface area (TPSA) is 42.1 Å². The normalized spacial score (nSPS) is 24.1. The molecule has 1 aliphatic heterocycles. The number of nitrogens with zero attached hydrogens (tertiary/aromatic N) is 2. The van der Waals surface area contributed by atoms with Gasteiger partial charge in [-0.05, 0) is 69.8 Å². The van der Waals surface area contributed by atoms with E-state index in [1.165, 1.54) is 24.9 Å². The van der Waals surface area contributed by atoms with Crippen molar-refractivity contribution in [2.45, 2.75) is 45.2 Å². The number of likely N-dealkylation sites (tertiary alicyclic amines) is 1. The van der Waals surface area contributed by atoms with Crippen LogP contribution in [0.4, 0.5) is 0 Å². The van der Waals surface area contributed by atoms with E-state index in [-0.39, 0.29) is 5.54 Å². The standard InChI is InChI=1S/C15H25N3/c1-15(2)14(5-8-16)4-3-11-18(15)12-13-6-9-17-10-7-13/h6-7,9-10,14H,3-5,8,11-12,16H2,1-2H3. The van der Waals surface area contributed by atoms with Crippen molar-refractivity contribution in [1.82, 2.24) is 9.88 Å². The number of rotatable bonds is 4. The summed E-state index contributed by atoms with van der Waals surface area (Å²) in [6.07, 6.45) is 7.50. The zero-order valence-electron chi connectivity index (χ0n) is 11.6. The predicted molar refractivity (Wildman–Crippen MR) is 75.1 cm³/mol. The van der Waals surface area contributed by atoms with Gasteiger partial charge >= 0.3 is 0 Å². The average Bonchev–Trinajstić information content (AvgIpc) is 2.36. The molecule has 2 rings (SSSR count). The maximum atomic E-state index is 5.75. The van der Waals surface area contributed by atoms with Crippen LogP contribution in [0.2, 0.25) is 0 Å². The van der Waals surface area contributed by atoms with Crippen molar-refractivity contribution in [3.05, 3.63) is 30.1 Å². The Kier molecular flexibility index (Phi) is 4.36. The number of aromatic nitrogens is 1. The Balaban J connectivity index is 2.07. The summed E-state index contributed by atoms with van der Waals surface area (Å²) in [6, 6.07) is 4.23. The molecule has 1 atom stereocenters. The molecule has 2 heterocycles. The second-order valence-electron chi connectivity index (χ2n) is 5.85. The van der Waals surface area contributed by atoms with Crippen LogP contribution in [0.25, 0.3) is 0 Å². The SMILES string of the molecule is CC1(C)C(CCN)CCCN1Cc1ccncc1. The molecule has 18 heavy (non-hydrogen) atoms. The number of nitrogens with two attached hydrogens (primary N) is 1. The van der Waals surface area contributed by atoms with E-state index in [1.807, 2.05) is 12.4 Å². The van der Waals surface area contributed by atoms with Crippen LogP contribution in [0.3, 0.4) is 0 Å². The van der Waals surface area contributed by atoms with Gasteiger partial charge in [-0.1, -0.05) is 0 Å². The lowest BCUT2D eigenvalue weighted by Gasteiger charge is -2.48. The molecule has 0 aliphatic carbocycles. The van der Waals surface area contributed by atoms with Crippen molar-refractivity contribution in [3.8, 4) is 0 Å². The molecule has 1 fully saturated rings. The summed E-state index contributed by atoms with van der Waals surface area (Å²) in [5.74, 6) is 0.720. The van der Waals surface area contributed by atoms with Crippen LogP contribution in [0.15, 0.2) is 24.5 Å². The van der Waals surface area contributed by atoms with E-state index < -0.39 is 0 Å². The molecule has 0 saturated carbocycles. The summed E-state index contributed by atoms with van der Waals surface area (Å²) in [6.45, 7) is 7.76. The van der Waals surface area contributed by atoms with Crippen molar-refractivity contribution in [2.75, 3.05) is 13.1 Å². The summed E-state index contributed by atoms with van der Waals surface area (Å²) in [7, 11) is 0. The molecule has 0 spiro atoms. The highest BCUT2D eigenvalue weighted by Gasteiger charge is 2.37. The van der Waals surface area contributed by atoms with Gasteiger partial charge in [-0.3, -0.25) is 9.88 Å². The van der Waals surface area contributed by atoms with Crippen LogP contribution >= 0.6 is 0 Å². The molecule has 2 N–H and O–H groups in total. The monoisotopic (exact) mass is 247 g/mol. The van der Waals surface area contributed by atoms with Crippen molar-refractivity contribution in [1.29, 1.82) is 0 Å². The molecule has 0 bridgehead atoms. The van der Waals surface area contributed by atoms with Crippen molar-refractivity contribution >= 4 is 0 Å². The second-order valence-corrected chi connectivity index (χ2v) is 5.85. The Hall–Kier alpha value is -0.930. The zero-order chi connectivity index (χ0) is 13.0. The summed E-state index contributed by atoms with van der Waals surface area (Å²) in [5, 5.41) is 0. The highest BCUT2D eigenvalue weighted by Crippen LogP contribution is 2.36. The molecule has 1 aromatic rings. The first-order valence-corrected chi connectivity index (χ1v) is 6.98. The van der Waals surface area contributed by atoms with Crippen LogP contribution in [0.1, 0.15) is 38.7 Å². The number of hydrogen-bond donors (Lipinski definition) is 1. The quantitative estimate of drug-likeness (QED) is 0.888. The fourth-order valence-corrected chi connectivity index (χ4v) is 3.12. The Labute approximate surface area is 110 Å². The van der Waals surface area contributed by atoms with E-state index >= 15 is 0 Å². The maximum absolute atomic E-state index is 5.75. The summed E-state index contributed by atoms with van der Waals surface area (Å²) in [5.41, 5.74) is 7.36. The minimum absolute atomic E-state index is 0.251. The molecule has 3 nitrogen and oxygen atoms in total. The van der Waals surface area contributed by atoms with Gasteiger partial charge in [0.25, 0.3) is 0 Å². The summed E-state index contributed by atoms with van der Waals surface area (Å²) < 4.78 is 0. The average molecular weight is 247 g/mol. The molecular weight excluding hydrogens is 222 g/mol. The van der Waals surface area contributed by atoms with E-state index in [0.29, 0.717) is 0 Å². The van der Waals surface area contributed by atoms with Gasteiger partial charge < -0.3 is 5.73 Å². The number of pyridine rings is 1. The highest BCUT2D eigenvalue weighted by molar-refractivity contribution is 5.10. The Morgan fingerprint density at radius 2 is 2.11 bits per heavy atom. The van der Waals surface area contributed by atoms with Crippen LogP contribution in [0, 0.1) is 5.92 Å². The third-order valence-electron chi connectivity index (χ3n) is 4.43. The van der Waals surface area contributed by atoms with Crippen LogP contribution < -0.4 is 5.73 Å². The second kappa shape index (κ2) is 5.81. The summed E-state index contributed by atoms with van der Waals surface area (Å²) in [4.78, 5) is 6.69. The molecule has 1 saturated heterocycles. The molecule has 1 aromatic heterocycles. The third kappa shape index (κ3) is 2.90. The molecule has 3 heteroatoms. The van der Waals surface area contributed by atoms with Crippen LogP contribution in [-0.2, 0) is 6.54 Å². The van der Waals surface area contributed by atoms with E-state index in [4.69, 9.17) is 5.73 Å². The van der Waals surface area contributed by atoms with Gasteiger partial charge in [0.1, 0.15) is 0 Å². The third-order valence-corrected chi connectivity index (χ3v) is 4.43. The lowest BCUT2D eigenvalue weighted by Crippen LogP contribution is -2.53. The molecule has 100 valence electrons. The van der Waals surface area contributed by atoms with E-state index in [0.717, 1.165) is 25.4 Å². The molecule has 0 amide bonds. The first-order valence-electron chi connectivity index (χ1n) is 6.98. The first kappa shape index (κ1) is 13.5. The van der Waals surface area contributed by atoms with E-state index in [1.54, 1.807) is 0 Å². The molecule has 1 aliphatic rings. The first-order chi connectivity index (χ1) is 8.64. The van der Waals surface area contributed by atoms with Gasteiger partial charge in [0.05, 0.1) is 0 Å². The Bertz CT molecular complexity index is 359. The number of piperidine rings is 1. The van der Waals surface area contributed by atoms with Crippen LogP contribution in [-0.4, -0.2) is 28.5 Å². The largest absolute Gasteiger partial charge is 0.330 e. The van der Waals surface area contributed by atoms with Gasteiger partial charge in [-0.2, -0.15) is 0 Å². The fourth-order valence-electron chi connectivity index (χ4n) is 3.12. The predicted octanol–water partition coefficient (Wildman–Crippen LogP) is 2.42. The molecular formula is C15H25N3. The maximum Gasteiger partial charge on any atom is 0.0271 e.